The standard InChI is InChI=1S/C6H3BrF2INO/c7-4-2(5(8)9)1-3(12)11-6(4)10/h1,5H,(H,11,12). The van der Waals surface area contributed by atoms with Gasteiger partial charge in [-0.3, -0.25) is 4.79 Å². The number of pyridine rings is 1. The number of nitrogens with one attached hydrogen (secondary N) is 1. The van der Waals surface area contributed by atoms with Crippen molar-refractivity contribution in [1.82, 2.24) is 4.98 Å². The van der Waals surface area contributed by atoms with Crippen LogP contribution in [0.2, 0.25) is 0 Å². The number of aromatic nitrogens is 1. The van der Waals surface area contributed by atoms with Crippen LogP contribution in [0.15, 0.2) is 15.3 Å². The van der Waals surface area contributed by atoms with E-state index in [0.717, 1.165) is 6.07 Å². The van der Waals surface area contributed by atoms with Gasteiger partial charge in [0.2, 0.25) is 5.56 Å². The van der Waals surface area contributed by atoms with E-state index >= 15 is 0 Å². The third-order valence-electron chi connectivity index (χ3n) is 1.20. The molecule has 1 N–H and O–H groups in total. The van der Waals surface area contributed by atoms with Crippen LogP contribution in [0.5, 0.6) is 0 Å². The van der Waals surface area contributed by atoms with E-state index in [1.165, 1.54) is 0 Å². The fourth-order valence-corrected chi connectivity index (χ4v) is 1.65. The highest BCUT2D eigenvalue weighted by molar-refractivity contribution is 14.1. The molecule has 0 aliphatic heterocycles. The zero-order chi connectivity index (χ0) is 9.30. The summed E-state index contributed by atoms with van der Waals surface area (Å²) in [4.78, 5) is 13.1. The number of hydrogen-bond donors (Lipinski definition) is 1. The van der Waals surface area contributed by atoms with Crippen LogP contribution < -0.4 is 5.56 Å². The molecule has 1 aromatic heterocycles. The molecule has 66 valence electrons. The summed E-state index contributed by atoms with van der Waals surface area (Å²) in [5, 5.41) is 0. The summed E-state index contributed by atoms with van der Waals surface area (Å²) in [7, 11) is 0. The summed E-state index contributed by atoms with van der Waals surface area (Å²) >= 11 is 4.73. The van der Waals surface area contributed by atoms with Gasteiger partial charge in [0, 0.05) is 11.6 Å². The Morgan fingerprint density at radius 3 is 2.67 bits per heavy atom. The molecule has 0 fully saturated rings. The fraction of sp³-hybridized carbons (Fsp3) is 0.167. The molecule has 0 amide bonds. The quantitative estimate of drug-likeness (QED) is 0.613. The maximum Gasteiger partial charge on any atom is 0.265 e. The normalized spacial score (nSPS) is 10.8. The van der Waals surface area contributed by atoms with Crippen LogP contribution in [-0.2, 0) is 0 Å². The van der Waals surface area contributed by atoms with Crippen LogP contribution in [0.4, 0.5) is 8.78 Å². The van der Waals surface area contributed by atoms with Gasteiger partial charge in [0.15, 0.2) is 0 Å². The van der Waals surface area contributed by atoms with Crippen molar-refractivity contribution in [3.05, 3.63) is 30.2 Å². The molecule has 0 atom stereocenters. The molecule has 6 heteroatoms. The lowest BCUT2D eigenvalue weighted by Crippen LogP contribution is -2.09. The van der Waals surface area contributed by atoms with Gasteiger partial charge in [0.25, 0.3) is 6.43 Å². The van der Waals surface area contributed by atoms with Crippen molar-refractivity contribution in [1.29, 1.82) is 0 Å². The van der Waals surface area contributed by atoms with E-state index in [0.29, 0.717) is 3.70 Å². The summed E-state index contributed by atoms with van der Waals surface area (Å²) in [6, 6.07) is 0.886. The summed E-state index contributed by atoms with van der Waals surface area (Å²) in [6.45, 7) is 0. The maximum absolute atomic E-state index is 12.2. The first-order chi connectivity index (χ1) is 5.52. The predicted molar refractivity (Wildman–Crippen MR) is 52.4 cm³/mol. The highest BCUT2D eigenvalue weighted by Crippen LogP contribution is 2.28. The van der Waals surface area contributed by atoms with Crippen LogP contribution >= 0.6 is 38.5 Å². The molecule has 0 aromatic carbocycles. The van der Waals surface area contributed by atoms with Gasteiger partial charge in [0.05, 0.1) is 8.17 Å². The minimum Gasteiger partial charge on any atom is -0.316 e. The Morgan fingerprint density at radius 2 is 2.17 bits per heavy atom. The van der Waals surface area contributed by atoms with E-state index in [1.807, 2.05) is 0 Å². The Kier molecular flexibility index (Phi) is 3.22. The topological polar surface area (TPSA) is 32.9 Å². The van der Waals surface area contributed by atoms with Crippen LogP contribution in [0.3, 0.4) is 0 Å². The molecule has 1 heterocycles. The summed E-state index contributed by atoms with van der Waals surface area (Å²) in [6.07, 6.45) is -2.63. The van der Waals surface area contributed by atoms with Gasteiger partial charge >= 0.3 is 0 Å². The average molecular weight is 350 g/mol. The lowest BCUT2D eigenvalue weighted by atomic mass is 10.3. The van der Waals surface area contributed by atoms with Crippen molar-refractivity contribution in [2.75, 3.05) is 0 Å². The van der Waals surface area contributed by atoms with E-state index in [1.54, 1.807) is 22.6 Å². The first-order valence-corrected chi connectivity index (χ1v) is 4.76. The summed E-state index contributed by atoms with van der Waals surface area (Å²) in [5.41, 5.74) is -0.791. The van der Waals surface area contributed by atoms with Gasteiger partial charge in [-0.15, -0.1) is 0 Å². The number of rotatable bonds is 1. The highest BCUT2D eigenvalue weighted by Gasteiger charge is 2.14. The fourth-order valence-electron chi connectivity index (χ4n) is 0.689. The molecule has 1 aromatic rings. The smallest absolute Gasteiger partial charge is 0.265 e. The van der Waals surface area contributed by atoms with E-state index in [2.05, 4.69) is 20.9 Å². The molecule has 0 saturated heterocycles. The Bertz CT molecular complexity index is 352. The number of H-pyrrole nitrogens is 1. The van der Waals surface area contributed by atoms with E-state index in [9.17, 15) is 13.6 Å². The van der Waals surface area contributed by atoms with Crippen molar-refractivity contribution in [2.24, 2.45) is 0 Å². The van der Waals surface area contributed by atoms with Crippen molar-refractivity contribution in [3.63, 3.8) is 0 Å². The Hall–Kier alpha value is 0.0200. The molecule has 1 rings (SSSR count). The SMILES string of the molecule is O=c1cc(C(F)F)c(Br)c(I)[nH]1. The van der Waals surface area contributed by atoms with Crippen molar-refractivity contribution in [3.8, 4) is 0 Å². The van der Waals surface area contributed by atoms with E-state index in [4.69, 9.17) is 0 Å². The van der Waals surface area contributed by atoms with Gasteiger partial charge in [-0.1, -0.05) is 0 Å². The average Bonchev–Trinajstić information content (AvgIpc) is 1.96. The molecule has 0 aliphatic carbocycles. The second-order valence-corrected chi connectivity index (χ2v) is 3.89. The summed E-state index contributed by atoms with van der Waals surface area (Å²) in [5.74, 6) is 0. The Labute approximate surface area is 88.6 Å². The highest BCUT2D eigenvalue weighted by atomic mass is 127. The van der Waals surface area contributed by atoms with Crippen molar-refractivity contribution >= 4 is 38.5 Å². The number of hydrogen-bond acceptors (Lipinski definition) is 1. The lowest BCUT2D eigenvalue weighted by Gasteiger charge is -2.03. The third-order valence-corrected chi connectivity index (χ3v) is 3.61. The number of aromatic amines is 1. The first-order valence-electron chi connectivity index (χ1n) is 2.88. The van der Waals surface area contributed by atoms with Gasteiger partial charge in [-0.2, -0.15) is 0 Å². The summed E-state index contributed by atoms with van der Waals surface area (Å²) < 4.78 is 25.0. The molecule has 12 heavy (non-hydrogen) atoms. The maximum atomic E-state index is 12.2. The van der Waals surface area contributed by atoms with Crippen LogP contribution in [0, 0.1) is 3.70 Å². The third kappa shape index (κ3) is 2.03. The first kappa shape index (κ1) is 10.1. The lowest BCUT2D eigenvalue weighted by molar-refractivity contribution is 0.150. The monoisotopic (exact) mass is 349 g/mol. The minimum absolute atomic E-state index is 0.248. The zero-order valence-corrected chi connectivity index (χ0v) is 9.32. The number of halogens is 4. The largest absolute Gasteiger partial charge is 0.316 e. The van der Waals surface area contributed by atoms with Gasteiger partial charge < -0.3 is 4.98 Å². The van der Waals surface area contributed by atoms with Crippen LogP contribution in [-0.4, -0.2) is 4.98 Å². The molecule has 0 radical (unpaired) electrons. The molecule has 2 nitrogen and oxygen atoms in total. The molecular weight excluding hydrogens is 347 g/mol. The Morgan fingerprint density at radius 1 is 1.58 bits per heavy atom. The zero-order valence-electron chi connectivity index (χ0n) is 5.57. The Balaban J connectivity index is 3.38. The number of alkyl halides is 2. The predicted octanol–water partition coefficient (Wildman–Crippen LogP) is 2.68. The van der Waals surface area contributed by atoms with Gasteiger partial charge in [-0.25, -0.2) is 8.78 Å². The van der Waals surface area contributed by atoms with Crippen LogP contribution in [0.25, 0.3) is 0 Å². The van der Waals surface area contributed by atoms with E-state index < -0.39 is 12.0 Å². The second-order valence-electron chi connectivity index (χ2n) is 2.02. The molecule has 0 unspecified atom stereocenters. The van der Waals surface area contributed by atoms with Gasteiger partial charge in [-0.05, 0) is 38.5 Å². The molecule has 0 bridgehead atoms. The van der Waals surface area contributed by atoms with Crippen molar-refractivity contribution < 1.29 is 8.78 Å². The minimum atomic E-state index is -2.63. The molecule has 0 aliphatic rings. The van der Waals surface area contributed by atoms with Crippen molar-refractivity contribution in [2.45, 2.75) is 6.43 Å². The van der Waals surface area contributed by atoms with E-state index in [-0.39, 0.29) is 10.0 Å². The molecule has 0 saturated carbocycles. The molecular formula is C6H3BrF2INO. The van der Waals surface area contributed by atoms with Gasteiger partial charge in [0.1, 0.15) is 0 Å². The van der Waals surface area contributed by atoms with Crippen LogP contribution in [0.1, 0.15) is 12.0 Å². The molecule has 0 spiro atoms. The second kappa shape index (κ2) is 3.82.